The molecular weight excluding hydrogens is 572 g/mol. The van der Waals surface area contributed by atoms with E-state index in [9.17, 15) is 9.59 Å². The third kappa shape index (κ3) is 8.75. The van der Waals surface area contributed by atoms with Gasteiger partial charge < -0.3 is 15.5 Å². The molecule has 3 aromatic carbocycles. The van der Waals surface area contributed by atoms with E-state index in [4.69, 9.17) is 0 Å². The van der Waals surface area contributed by atoms with Crippen molar-refractivity contribution < 1.29 is 14.2 Å². The molecule has 0 aliphatic carbocycles. The third-order valence-electron chi connectivity index (χ3n) is 9.60. The maximum Gasteiger partial charge on any atom is 0.319 e. The summed E-state index contributed by atoms with van der Waals surface area (Å²) in [5, 5.41) is 12.1. The van der Waals surface area contributed by atoms with E-state index >= 15 is 0 Å². The molecule has 0 spiro atoms. The Balaban J connectivity index is 1.70. The number of carbonyl (C=O) groups is 2. The van der Waals surface area contributed by atoms with Crippen LogP contribution in [0.2, 0.25) is 0 Å². The molecule has 0 bridgehead atoms. The SMILES string of the molecule is CCCCCCCNC(=O)NC1CC(CNC(=O)c2ccccc2)C(N(C)C)C[N+]1(C(c1ccccc1)c1ccccc1)N(C)C. The van der Waals surface area contributed by atoms with E-state index in [0.29, 0.717) is 29.7 Å². The van der Waals surface area contributed by atoms with Gasteiger partial charge in [0.2, 0.25) is 0 Å². The number of benzene rings is 3. The smallest absolute Gasteiger partial charge is 0.319 e. The average Bonchev–Trinajstić information content (AvgIpc) is 3.07. The van der Waals surface area contributed by atoms with Gasteiger partial charge in [-0.25, -0.2) is 9.39 Å². The quantitative estimate of drug-likeness (QED) is 0.142. The Bertz CT molecular complexity index is 1300. The fourth-order valence-corrected chi connectivity index (χ4v) is 7.16. The van der Waals surface area contributed by atoms with Crippen molar-refractivity contribution in [3.8, 4) is 0 Å². The second-order valence-corrected chi connectivity index (χ2v) is 13.1. The van der Waals surface area contributed by atoms with Crippen LogP contribution >= 0.6 is 0 Å². The minimum atomic E-state index is -0.254. The lowest BCUT2D eigenvalue weighted by Crippen LogP contribution is -2.76. The van der Waals surface area contributed by atoms with Gasteiger partial charge in [-0.05, 0) is 32.6 Å². The molecule has 1 aliphatic rings. The molecule has 248 valence electrons. The van der Waals surface area contributed by atoms with Gasteiger partial charge in [0.25, 0.3) is 5.91 Å². The summed E-state index contributed by atoms with van der Waals surface area (Å²) in [6, 6.07) is 30.6. The number of nitrogens with zero attached hydrogens (tertiary/aromatic N) is 3. The number of likely N-dealkylation sites (N-methyl/N-ethyl adjacent to an activating group) is 1. The first kappa shape index (κ1) is 35.1. The van der Waals surface area contributed by atoms with Gasteiger partial charge in [0.1, 0.15) is 6.54 Å². The molecule has 3 amide bonds. The summed E-state index contributed by atoms with van der Waals surface area (Å²) in [6.07, 6.45) is 6.15. The molecular formula is C38H55N6O2+. The van der Waals surface area contributed by atoms with Gasteiger partial charge in [0, 0.05) is 56.2 Å². The molecule has 1 aliphatic heterocycles. The zero-order valence-electron chi connectivity index (χ0n) is 28.5. The van der Waals surface area contributed by atoms with Crippen LogP contribution in [-0.4, -0.2) is 86.5 Å². The summed E-state index contributed by atoms with van der Waals surface area (Å²) < 4.78 is 0.504. The van der Waals surface area contributed by atoms with Crippen molar-refractivity contribution in [1.82, 2.24) is 25.9 Å². The Labute approximate surface area is 276 Å². The highest BCUT2D eigenvalue weighted by molar-refractivity contribution is 5.94. The molecule has 0 aromatic heterocycles. The topological polar surface area (TPSA) is 76.7 Å². The second-order valence-electron chi connectivity index (χ2n) is 13.1. The van der Waals surface area contributed by atoms with Crippen molar-refractivity contribution in [3.63, 3.8) is 0 Å². The molecule has 46 heavy (non-hydrogen) atoms. The van der Waals surface area contributed by atoms with Crippen LogP contribution in [0.4, 0.5) is 4.79 Å². The Kier molecular flexibility index (Phi) is 13.2. The van der Waals surface area contributed by atoms with E-state index < -0.39 is 0 Å². The lowest BCUT2D eigenvalue weighted by atomic mass is 9.84. The van der Waals surface area contributed by atoms with Gasteiger partial charge in [-0.15, -0.1) is 0 Å². The molecule has 0 saturated carbocycles. The van der Waals surface area contributed by atoms with E-state index in [1.807, 2.05) is 30.3 Å². The van der Waals surface area contributed by atoms with Crippen LogP contribution in [0, 0.1) is 5.92 Å². The standard InChI is InChI=1S/C38H54N6O2/c1-6-7-8-9-19-26-39-38(46)41-35-27-33(28-40-37(45)32-24-17-12-18-25-32)34(42(2)3)29-44(35,43(4)5)36(30-20-13-10-14-21-30)31-22-15-11-16-23-31/h10-18,20-25,33-36H,6-9,19,26-29H2,1-5H3,(H2-,39,40,41,45,46)/p+1. The fourth-order valence-electron chi connectivity index (χ4n) is 7.16. The van der Waals surface area contributed by atoms with Gasteiger partial charge in [0.15, 0.2) is 12.2 Å². The predicted molar refractivity (Wildman–Crippen MR) is 187 cm³/mol. The number of unbranched alkanes of at least 4 members (excludes halogenated alkanes) is 4. The minimum Gasteiger partial charge on any atom is -0.352 e. The van der Waals surface area contributed by atoms with Crippen LogP contribution in [0.25, 0.3) is 0 Å². The van der Waals surface area contributed by atoms with Crippen LogP contribution in [0.15, 0.2) is 91.0 Å². The molecule has 4 rings (SSSR count). The van der Waals surface area contributed by atoms with Gasteiger partial charge in [0.05, 0.1) is 6.04 Å². The molecule has 0 radical (unpaired) electrons. The van der Waals surface area contributed by atoms with Gasteiger partial charge >= 0.3 is 6.03 Å². The number of urea groups is 1. The highest BCUT2D eigenvalue weighted by Gasteiger charge is 2.56. The van der Waals surface area contributed by atoms with E-state index in [0.717, 1.165) is 19.4 Å². The zero-order chi connectivity index (χ0) is 32.9. The molecule has 1 fully saturated rings. The monoisotopic (exact) mass is 627 g/mol. The summed E-state index contributed by atoms with van der Waals surface area (Å²) in [5.41, 5.74) is 3.04. The van der Waals surface area contributed by atoms with Crippen LogP contribution in [0.5, 0.6) is 0 Å². The van der Waals surface area contributed by atoms with Gasteiger partial charge in [-0.3, -0.25) is 10.1 Å². The van der Waals surface area contributed by atoms with Crippen LogP contribution in [0.3, 0.4) is 0 Å². The Hall–Kier alpha value is -3.72. The van der Waals surface area contributed by atoms with Crippen LogP contribution < -0.4 is 16.0 Å². The van der Waals surface area contributed by atoms with Crippen molar-refractivity contribution in [2.45, 2.75) is 63.7 Å². The van der Waals surface area contributed by atoms with E-state index in [1.165, 1.54) is 30.4 Å². The largest absolute Gasteiger partial charge is 0.352 e. The number of rotatable bonds is 15. The Morgan fingerprint density at radius 1 is 0.783 bits per heavy atom. The highest BCUT2D eigenvalue weighted by atomic mass is 16.2. The third-order valence-corrected chi connectivity index (χ3v) is 9.60. The summed E-state index contributed by atoms with van der Waals surface area (Å²) in [5.74, 6) is 0.0363. The van der Waals surface area contributed by atoms with Crippen LogP contribution in [0.1, 0.15) is 73.0 Å². The molecule has 4 atom stereocenters. The first-order chi connectivity index (χ1) is 22.3. The number of hydrogen-bond acceptors (Lipinski definition) is 4. The normalized spacial score (nSPS) is 21.3. The number of quaternary nitrogens is 1. The maximum atomic E-state index is 13.6. The first-order valence-electron chi connectivity index (χ1n) is 17.0. The number of piperidine rings is 1. The van der Waals surface area contributed by atoms with Crippen molar-refractivity contribution in [1.29, 1.82) is 0 Å². The molecule has 4 unspecified atom stereocenters. The summed E-state index contributed by atoms with van der Waals surface area (Å²) in [4.78, 5) is 29.1. The molecule has 1 heterocycles. The van der Waals surface area contributed by atoms with E-state index in [2.05, 4.69) is 122 Å². The van der Waals surface area contributed by atoms with Gasteiger partial charge in [-0.2, -0.15) is 5.01 Å². The number of likely N-dealkylation sites (tertiary alicyclic amines) is 1. The summed E-state index contributed by atoms with van der Waals surface area (Å²) in [6.45, 7) is 4.12. The van der Waals surface area contributed by atoms with E-state index in [1.54, 1.807) is 0 Å². The molecule has 8 heteroatoms. The van der Waals surface area contributed by atoms with Crippen molar-refractivity contribution in [2.75, 3.05) is 47.8 Å². The number of hydrogen-bond donors (Lipinski definition) is 3. The lowest BCUT2D eigenvalue weighted by molar-refractivity contribution is -1.08. The van der Waals surface area contributed by atoms with Crippen LogP contribution in [-0.2, 0) is 0 Å². The minimum absolute atomic E-state index is 0.0703. The summed E-state index contributed by atoms with van der Waals surface area (Å²) >= 11 is 0. The fraction of sp³-hybridized carbons (Fsp3) is 0.474. The molecule has 8 nitrogen and oxygen atoms in total. The van der Waals surface area contributed by atoms with Crippen molar-refractivity contribution in [2.24, 2.45) is 5.92 Å². The average molecular weight is 628 g/mol. The van der Waals surface area contributed by atoms with E-state index in [-0.39, 0.29) is 36.1 Å². The number of amides is 3. The lowest BCUT2D eigenvalue weighted by Gasteiger charge is -2.58. The van der Waals surface area contributed by atoms with Gasteiger partial charge in [-0.1, -0.05) is 111 Å². The Morgan fingerprint density at radius 2 is 1.35 bits per heavy atom. The molecule has 1 saturated heterocycles. The Morgan fingerprint density at radius 3 is 1.89 bits per heavy atom. The highest BCUT2D eigenvalue weighted by Crippen LogP contribution is 2.44. The number of carbonyl (C=O) groups excluding carboxylic acids is 2. The summed E-state index contributed by atoms with van der Waals surface area (Å²) in [7, 11) is 8.51. The molecule has 3 aromatic rings. The number of nitrogens with one attached hydrogen (secondary N) is 3. The first-order valence-corrected chi connectivity index (χ1v) is 17.0. The molecule has 3 N–H and O–H groups in total. The second kappa shape index (κ2) is 17.3. The zero-order valence-corrected chi connectivity index (χ0v) is 28.5. The van der Waals surface area contributed by atoms with Crippen molar-refractivity contribution >= 4 is 11.9 Å². The maximum absolute atomic E-state index is 13.6. The van der Waals surface area contributed by atoms with Crippen molar-refractivity contribution in [3.05, 3.63) is 108 Å². The predicted octanol–water partition coefficient (Wildman–Crippen LogP) is 6.05.